The molecule has 4 heterocycles. The van der Waals surface area contributed by atoms with Crippen molar-refractivity contribution in [2.24, 2.45) is 0 Å². The molecule has 1 atom stereocenters. The predicted octanol–water partition coefficient (Wildman–Crippen LogP) is 2.70. The molecule has 0 unspecified atom stereocenters. The van der Waals surface area contributed by atoms with Gasteiger partial charge in [-0.3, -0.25) is 9.59 Å². The van der Waals surface area contributed by atoms with Crippen LogP contribution in [0.25, 0.3) is 10.9 Å². The van der Waals surface area contributed by atoms with E-state index in [4.69, 9.17) is 4.74 Å². The number of pyridine rings is 1. The van der Waals surface area contributed by atoms with Crippen molar-refractivity contribution >= 4 is 22.7 Å². The summed E-state index contributed by atoms with van der Waals surface area (Å²) in [6, 6.07) is 21.4. The maximum atomic E-state index is 13.2. The van der Waals surface area contributed by atoms with Gasteiger partial charge in [-0.1, -0.05) is 59.8 Å². The number of carbonyl (C=O) groups excluding carboxylic acids is 2. The molecule has 9 heteroatoms. The van der Waals surface area contributed by atoms with Crippen LogP contribution in [-0.4, -0.2) is 67.8 Å². The Morgan fingerprint density at radius 1 is 0.829 bits per heavy atom. The zero-order valence-electron chi connectivity index (χ0n) is 19.1. The number of carbonyl (C=O) groups is 2. The highest BCUT2D eigenvalue weighted by atomic mass is 16.5. The summed E-state index contributed by atoms with van der Waals surface area (Å²) in [7, 11) is 0. The Morgan fingerprint density at radius 2 is 1.54 bits per heavy atom. The van der Waals surface area contributed by atoms with Crippen LogP contribution in [0.1, 0.15) is 38.3 Å². The zero-order valence-corrected chi connectivity index (χ0v) is 19.1. The van der Waals surface area contributed by atoms with Crippen molar-refractivity contribution in [3.63, 3.8) is 0 Å². The van der Waals surface area contributed by atoms with Gasteiger partial charge in [0.2, 0.25) is 0 Å². The zero-order chi connectivity index (χ0) is 23.8. The fraction of sp³-hybridized carbons (Fsp3) is 0.269. The van der Waals surface area contributed by atoms with E-state index in [-0.39, 0.29) is 24.5 Å². The molecule has 0 bridgehead atoms. The number of para-hydroxylation sites is 1. The number of hydrogen-bond acceptors (Lipinski definition) is 6. The Hall–Kier alpha value is -4.11. The molecule has 2 aromatic heterocycles. The molecule has 2 aliphatic rings. The first-order chi connectivity index (χ1) is 17.2. The van der Waals surface area contributed by atoms with Gasteiger partial charge in [0, 0.05) is 31.6 Å². The van der Waals surface area contributed by atoms with E-state index < -0.39 is 0 Å². The molecule has 0 radical (unpaired) electrons. The lowest BCUT2D eigenvalue weighted by Gasteiger charge is -2.34. The van der Waals surface area contributed by atoms with Crippen molar-refractivity contribution in [1.82, 2.24) is 29.8 Å². The van der Waals surface area contributed by atoms with E-state index in [0.717, 1.165) is 16.5 Å². The summed E-state index contributed by atoms with van der Waals surface area (Å²) in [4.78, 5) is 34.2. The van der Waals surface area contributed by atoms with Crippen LogP contribution in [0.3, 0.4) is 0 Å². The Morgan fingerprint density at radius 3 is 2.34 bits per heavy atom. The van der Waals surface area contributed by atoms with Crippen molar-refractivity contribution in [3.8, 4) is 0 Å². The summed E-state index contributed by atoms with van der Waals surface area (Å²) in [5.41, 5.74) is 3.30. The highest BCUT2D eigenvalue weighted by Gasteiger charge is 2.32. The number of amides is 2. The first kappa shape index (κ1) is 21.4. The number of fused-ring (bicyclic) bond motifs is 2. The molecule has 0 saturated carbocycles. The summed E-state index contributed by atoms with van der Waals surface area (Å²) in [5.74, 6) is -0.298. The van der Waals surface area contributed by atoms with Crippen LogP contribution in [0.2, 0.25) is 0 Å². The van der Waals surface area contributed by atoms with Gasteiger partial charge in [0.15, 0.2) is 5.69 Å². The van der Waals surface area contributed by atoms with E-state index in [9.17, 15) is 9.59 Å². The largest absolute Gasteiger partial charge is 0.365 e. The first-order valence-corrected chi connectivity index (χ1v) is 11.7. The molecular weight excluding hydrogens is 444 g/mol. The number of piperazine rings is 1. The highest BCUT2D eigenvalue weighted by molar-refractivity contribution is 5.96. The molecule has 1 saturated heterocycles. The molecule has 35 heavy (non-hydrogen) atoms. The summed E-state index contributed by atoms with van der Waals surface area (Å²) in [6.45, 7) is 2.53. The van der Waals surface area contributed by atoms with Gasteiger partial charge in [-0.2, -0.15) is 0 Å². The van der Waals surface area contributed by atoms with Crippen LogP contribution in [0.5, 0.6) is 0 Å². The maximum Gasteiger partial charge on any atom is 0.276 e. The molecule has 176 valence electrons. The molecule has 0 spiro atoms. The van der Waals surface area contributed by atoms with Gasteiger partial charge in [0.1, 0.15) is 11.8 Å². The second-order valence-electron chi connectivity index (χ2n) is 8.75. The summed E-state index contributed by atoms with van der Waals surface area (Å²) < 4.78 is 7.79. The van der Waals surface area contributed by atoms with Crippen LogP contribution in [0.4, 0.5) is 0 Å². The lowest BCUT2D eigenvalue weighted by Crippen LogP contribution is -2.51. The van der Waals surface area contributed by atoms with Crippen molar-refractivity contribution in [2.45, 2.75) is 19.3 Å². The quantitative estimate of drug-likeness (QED) is 0.459. The van der Waals surface area contributed by atoms with Crippen molar-refractivity contribution in [1.29, 1.82) is 0 Å². The normalized spacial score (nSPS) is 17.9. The Bertz CT molecular complexity index is 1390. The molecule has 4 aromatic rings. The van der Waals surface area contributed by atoms with Gasteiger partial charge in [0.25, 0.3) is 11.8 Å². The topological polar surface area (TPSA) is 93.5 Å². The van der Waals surface area contributed by atoms with Crippen LogP contribution >= 0.6 is 0 Å². The number of hydrogen-bond donors (Lipinski definition) is 0. The Balaban J connectivity index is 1.11. The minimum Gasteiger partial charge on any atom is -0.365 e. The van der Waals surface area contributed by atoms with E-state index in [2.05, 4.69) is 15.3 Å². The van der Waals surface area contributed by atoms with E-state index in [0.29, 0.717) is 49.8 Å². The van der Waals surface area contributed by atoms with Crippen molar-refractivity contribution < 1.29 is 14.3 Å². The van der Waals surface area contributed by atoms with Crippen LogP contribution in [-0.2, 0) is 17.9 Å². The third-order valence-electron chi connectivity index (χ3n) is 6.64. The molecule has 2 aromatic carbocycles. The first-order valence-electron chi connectivity index (χ1n) is 11.7. The lowest BCUT2D eigenvalue weighted by molar-refractivity contribution is -0.00202. The second-order valence-corrected chi connectivity index (χ2v) is 8.75. The molecular formula is C26H24N6O3. The summed E-state index contributed by atoms with van der Waals surface area (Å²) in [5, 5.41) is 9.40. The second kappa shape index (κ2) is 8.92. The van der Waals surface area contributed by atoms with Crippen LogP contribution < -0.4 is 0 Å². The number of ether oxygens (including phenoxy) is 1. The molecule has 2 amide bonds. The molecule has 0 aliphatic carbocycles. The average Bonchev–Trinajstić information content (AvgIpc) is 3.36. The number of aromatic nitrogens is 4. The summed E-state index contributed by atoms with van der Waals surface area (Å²) >= 11 is 0. The van der Waals surface area contributed by atoms with E-state index in [1.54, 1.807) is 20.5 Å². The molecule has 0 N–H and O–H groups in total. The van der Waals surface area contributed by atoms with Gasteiger partial charge in [-0.25, -0.2) is 9.67 Å². The molecule has 9 nitrogen and oxygen atoms in total. The average molecular weight is 469 g/mol. The fourth-order valence-electron chi connectivity index (χ4n) is 4.66. The number of rotatable bonds is 3. The predicted molar refractivity (Wildman–Crippen MR) is 128 cm³/mol. The highest BCUT2D eigenvalue weighted by Crippen LogP contribution is 2.27. The maximum absolute atomic E-state index is 13.2. The fourth-order valence-corrected chi connectivity index (χ4v) is 4.66. The SMILES string of the molecule is O=C(c1ccc2ccccc2n1)N1CCN(C(=O)c2nnn3c2CO[C@@H](c2ccccc2)C3)CC1. The third-order valence-corrected chi connectivity index (χ3v) is 6.64. The minimum atomic E-state index is -0.177. The van der Waals surface area contributed by atoms with Gasteiger partial charge in [0.05, 0.1) is 24.4 Å². The molecule has 2 aliphatic heterocycles. The van der Waals surface area contributed by atoms with Crippen molar-refractivity contribution in [3.05, 3.63) is 89.4 Å². The molecule has 1 fully saturated rings. The Labute approximate surface area is 201 Å². The smallest absolute Gasteiger partial charge is 0.276 e. The van der Waals surface area contributed by atoms with Crippen LogP contribution in [0, 0.1) is 0 Å². The number of nitrogens with zero attached hydrogens (tertiary/aromatic N) is 6. The van der Waals surface area contributed by atoms with Gasteiger partial charge in [-0.15, -0.1) is 5.10 Å². The number of benzene rings is 2. The standard InChI is InChI=1S/C26H24N6O3/c33-25(21-11-10-18-6-4-5-9-20(18)27-21)30-12-14-31(15-13-30)26(34)24-22-17-35-23(16-32(22)29-28-24)19-7-2-1-3-8-19/h1-11,23H,12-17H2/t23-/m1/s1. The van der Waals surface area contributed by atoms with Crippen LogP contribution in [0.15, 0.2) is 66.7 Å². The summed E-state index contributed by atoms with van der Waals surface area (Å²) in [6.07, 6.45) is -0.119. The third kappa shape index (κ3) is 4.04. The monoisotopic (exact) mass is 468 g/mol. The van der Waals surface area contributed by atoms with E-state index in [1.165, 1.54) is 0 Å². The van der Waals surface area contributed by atoms with Gasteiger partial charge in [-0.05, 0) is 17.7 Å². The Kier molecular flexibility index (Phi) is 5.46. The van der Waals surface area contributed by atoms with Crippen molar-refractivity contribution in [2.75, 3.05) is 26.2 Å². The van der Waals surface area contributed by atoms with Gasteiger partial charge < -0.3 is 14.5 Å². The molecule has 6 rings (SSSR count). The lowest BCUT2D eigenvalue weighted by atomic mass is 10.1. The van der Waals surface area contributed by atoms with Gasteiger partial charge >= 0.3 is 0 Å². The van der Waals surface area contributed by atoms with E-state index in [1.807, 2.05) is 60.7 Å². The minimum absolute atomic E-state index is 0.119. The van der Waals surface area contributed by atoms with E-state index >= 15 is 0 Å².